The van der Waals surface area contributed by atoms with Crippen molar-refractivity contribution in [2.45, 2.75) is 20.8 Å². The third kappa shape index (κ3) is 2.75. The van der Waals surface area contributed by atoms with Crippen molar-refractivity contribution in [3.05, 3.63) is 41.2 Å². The van der Waals surface area contributed by atoms with Gasteiger partial charge in [-0.2, -0.15) is 0 Å². The van der Waals surface area contributed by atoms with Gasteiger partial charge >= 0.3 is 0 Å². The van der Waals surface area contributed by atoms with Crippen LogP contribution in [-0.4, -0.2) is 9.97 Å². The van der Waals surface area contributed by atoms with Crippen molar-refractivity contribution in [2.24, 2.45) is 5.84 Å². The number of aromatic nitrogens is 2. The Labute approximate surface area is 106 Å². The number of anilines is 3. The molecule has 1 aromatic heterocycles. The summed E-state index contributed by atoms with van der Waals surface area (Å²) in [5.74, 6) is 7.34. The van der Waals surface area contributed by atoms with Crippen LogP contribution in [-0.2, 0) is 0 Å². The number of hydrogen-bond donors (Lipinski definition) is 3. The van der Waals surface area contributed by atoms with E-state index in [-0.39, 0.29) is 0 Å². The first-order valence-corrected chi connectivity index (χ1v) is 5.75. The van der Waals surface area contributed by atoms with Gasteiger partial charge in [0.2, 0.25) is 0 Å². The molecule has 0 aliphatic heterocycles. The first-order chi connectivity index (χ1) is 8.58. The van der Waals surface area contributed by atoms with Crippen molar-refractivity contribution >= 4 is 17.3 Å². The molecule has 0 spiro atoms. The minimum atomic E-state index is 0.592. The molecule has 0 fully saturated rings. The zero-order valence-corrected chi connectivity index (χ0v) is 10.8. The van der Waals surface area contributed by atoms with Gasteiger partial charge in [0.25, 0.3) is 0 Å². The summed E-state index contributed by atoms with van der Waals surface area (Å²) in [5.41, 5.74) is 5.97. The largest absolute Gasteiger partial charge is 0.340 e. The van der Waals surface area contributed by atoms with Gasteiger partial charge in [-0.1, -0.05) is 17.7 Å². The standard InChI is InChI=1S/C13H17N5/c1-8-4-5-11(9(2)6-8)17-12-7-13(18-14)16-10(3)15-12/h4-7H,14H2,1-3H3,(H2,15,16,17,18). The SMILES string of the molecule is Cc1ccc(Nc2cc(NN)nc(C)n2)c(C)c1. The van der Waals surface area contributed by atoms with E-state index in [4.69, 9.17) is 5.84 Å². The second-order valence-electron chi connectivity index (χ2n) is 4.27. The van der Waals surface area contributed by atoms with E-state index in [0.29, 0.717) is 11.6 Å². The van der Waals surface area contributed by atoms with Crippen LogP contribution in [0.15, 0.2) is 24.3 Å². The Morgan fingerprint density at radius 2 is 1.72 bits per heavy atom. The molecule has 0 bridgehead atoms. The van der Waals surface area contributed by atoms with E-state index in [2.05, 4.69) is 46.7 Å². The second-order valence-corrected chi connectivity index (χ2v) is 4.27. The topological polar surface area (TPSA) is 75.9 Å². The van der Waals surface area contributed by atoms with Crippen molar-refractivity contribution in [3.63, 3.8) is 0 Å². The fourth-order valence-corrected chi connectivity index (χ4v) is 1.80. The number of benzene rings is 1. The van der Waals surface area contributed by atoms with Gasteiger partial charge in [-0.05, 0) is 32.4 Å². The first-order valence-electron chi connectivity index (χ1n) is 5.75. The van der Waals surface area contributed by atoms with Crippen LogP contribution in [0.4, 0.5) is 17.3 Å². The molecule has 0 amide bonds. The molecule has 2 rings (SSSR count). The number of nitrogens with zero attached hydrogens (tertiary/aromatic N) is 2. The number of nitrogens with one attached hydrogen (secondary N) is 2. The summed E-state index contributed by atoms with van der Waals surface area (Å²) in [4.78, 5) is 8.47. The van der Waals surface area contributed by atoms with Gasteiger partial charge in [-0.15, -0.1) is 0 Å². The van der Waals surface area contributed by atoms with E-state index in [1.807, 2.05) is 13.0 Å². The quantitative estimate of drug-likeness (QED) is 0.570. The van der Waals surface area contributed by atoms with E-state index >= 15 is 0 Å². The Morgan fingerprint density at radius 3 is 2.39 bits per heavy atom. The summed E-state index contributed by atoms with van der Waals surface area (Å²) in [5, 5.41) is 3.27. The summed E-state index contributed by atoms with van der Waals surface area (Å²) in [7, 11) is 0. The van der Waals surface area contributed by atoms with Crippen LogP contribution in [0.25, 0.3) is 0 Å². The van der Waals surface area contributed by atoms with Crippen LogP contribution in [0, 0.1) is 20.8 Å². The molecule has 1 aromatic carbocycles. The van der Waals surface area contributed by atoms with Gasteiger partial charge < -0.3 is 10.7 Å². The lowest BCUT2D eigenvalue weighted by atomic mass is 10.1. The number of nitrogen functional groups attached to an aromatic ring is 1. The lowest BCUT2D eigenvalue weighted by molar-refractivity contribution is 1.05. The van der Waals surface area contributed by atoms with Gasteiger partial charge in [0.15, 0.2) is 0 Å². The number of nitrogens with two attached hydrogens (primary N) is 1. The summed E-state index contributed by atoms with van der Waals surface area (Å²) in [6.07, 6.45) is 0. The second kappa shape index (κ2) is 5.01. The summed E-state index contributed by atoms with van der Waals surface area (Å²) >= 11 is 0. The molecule has 5 nitrogen and oxygen atoms in total. The van der Waals surface area contributed by atoms with E-state index in [1.165, 1.54) is 11.1 Å². The van der Waals surface area contributed by atoms with E-state index in [0.717, 1.165) is 11.5 Å². The smallest absolute Gasteiger partial charge is 0.145 e. The minimum Gasteiger partial charge on any atom is -0.340 e. The average Bonchev–Trinajstić information content (AvgIpc) is 2.32. The molecular formula is C13H17N5. The third-order valence-electron chi connectivity index (χ3n) is 2.63. The lowest BCUT2D eigenvalue weighted by Gasteiger charge is -2.11. The Morgan fingerprint density at radius 1 is 1.00 bits per heavy atom. The van der Waals surface area contributed by atoms with Gasteiger partial charge in [0.1, 0.15) is 17.5 Å². The van der Waals surface area contributed by atoms with Gasteiger partial charge in [0, 0.05) is 11.8 Å². The molecule has 0 atom stereocenters. The maximum absolute atomic E-state index is 5.36. The summed E-state index contributed by atoms with van der Waals surface area (Å²) in [6, 6.07) is 7.99. The fraction of sp³-hybridized carbons (Fsp3) is 0.231. The maximum atomic E-state index is 5.36. The van der Waals surface area contributed by atoms with E-state index < -0.39 is 0 Å². The van der Waals surface area contributed by atoms with Crippen LogP contribution in [0.1, 0.15) is 17.0 Å². The average molecular weight is 243 g/mol. The van der Waals surface area contributed by atoms with Crippen LogP contribution in [0.2, 0.25) is 0 Å². The van der Waals surface area contributed by atoms with Crippen molar-refractivity contribution in [3.8, 4) is 0 Å². The predicted octanol–water partition coefficient (Wildman–Crippen LogP) is 2.43. The van der Waals surface area contributed by atoms with E-state index in [9.17, 15) is 0 Å². The highest BCUT2D eigenvalue weighted by atomic mass is 15.3. The maximum Gasteiger partial charge on any atom is 0.145 e. The van der Waals surface area contributed by atoms with Crippen molar-refractivity contribution in [2.75, 3.05) is 10.7 Å². The minimum absolute atomic E-state index is 0.592. The number of rotatable bonds is 3. The molecule has 1 heterocycles. The summed E-state index contributed by atoms with van der Waals surface area (Å²) in [6.45, 7) is 5.96. The molecule has 4 N–H and O–H groups in total. The molecule has 18 heavy (non-hydrogen) atoms. The molecule has 0 aliphatic rings. The van der Waals surface area contributed by atoms with Crippen molar-refractivity contribution < 1.29 is 0 Å². The van der Waals surface area contributed by atoms with Gasteiger partial charge in [-0.3, -0.25) is 0 Å². The lowest BCUT2D eigenvalue weighted by Crippen LogP contribution is -2.10. The molecule has 0 aliphatic carbocycles. The highest BCUT2D eigenvalue weighted by molar-refractivity contribution is 5.62. The number of aryl methyl sites for hydroxylation is 3. The van der Waals surface area contributed by atoms with Crippen molar-refractivity contribution in [1.82, 2.24) is 9.97 Å². The summed E-state index contributed by atoms with van der Waals surface area (Å²) < 4.78 is 0. The zero-order valence-electron chi connectivity index (χ0n) is 10.8. The Kier molecular flexibility index (Phi) is 3.43. The molecule has 0 saturated carbocycles. The van der Waals surface area contributed by atoms with Crippen LogP contribution < -0.4 is 16.6 Å². The predicted molar refractivity (Wildman–Crippen MR) is 73.8 cm³/mol. The molecule has 0 radical (unpaired) electrons. The van der Waals surface area contributed by atoms with Crippen molar-refractivity contribution in [1.29, 1.82) is 0 Å². The molecule has 5 heteroatoms. The molecular weight excluding hydrogens is 226 g/mol. The number of hydrazine groups is 1. The van der Waals surface area contributed by atoms with E-state index in [1.54, 1.807) is 6.07 Å². The normalized spacial score (nSPS) is 10.2. The molecule has 94 valence electrons. The Hall–Kier alpha value is -2.14. The zero-order chi connectivity index (χ0) is 13.1. The highest BCUT2D eigenvalue weighted by Gasteiger charge is 2.03. The monoisotopic (exact) mass is 243 g/mol. The van der Waals surface area contributed by atoms with Crippen LogP contribution in [0.3, 0.4) is 0 Å². The molecule has 2 aromatic rings. The fourth-order valence-electron chi connectivity index (χ4n) is 1.80. The first kappa shape index (κ1) is 12.3. The number of hydrogen-bond acceptors (Lipinski definition) is 5. The Bertz CT molecular complexity index is 565. The highest BCUT2D eigenvalue weighted by Crippen LogP contribution is 2.21. The third-order valence-corrected chi connectivity index (χ3v) is 2.63. The molecule has 0 unspecified atom stereocenters. The van der Waals surface area contributed by atoms with Gasteiger partial charge in [0.05, 0.1) is 0 Å². The van der Waals surface area contributed by atoms with Crippen LogP contribution >= 0.6 is 0 Å². The molecule has 0 saturated heterocycles. The van der Waals surface area contributed by atoms with Crippen LogP contribution in [0.5, 0.6) is 0 Å². The Balaban J connectivity index is 2.30. The van der Waals surface area contributed by atoms with Gasteiger partial charge in [-0.25, -0.2) is 15.8 Å².